The van der Waals surface area contributed by atoms with E-state index in [1.807, 2.05) is 6.07 Å². The lowest BCUT2D eigenvalue weighted by Gasteiger charge is -2.33. The SMILES string of the molecule is CC1CC(C)CN(Sc2ccc3[nH]c(C(=O)O)cc3c2)C1. The lowest BCUT2D eigenvalue weighted by atomic mass is 9.94. The summed E-state index contributed by atoms with van der Waals surface area (Å²) in [5.41, 5.74) is 1.12. The number of aromatic nitrogens is 1. The van der Waals surface area contributed by atoms with Crippen LogP contribution in [-0.2, 0) is 0 Å². The van der Waals surface area contributed by atoms with E-state index in [0.29, 0.717) is 0 Å². The Morgan fingerprint density at radius 3 is 2.67 bits per heavy atom. The molecule has 2 unspecified atom stereocenters. The first-order valence-electron chi connectivity index (χ1n) is 7.30. The number of fused-ring (bicyclic) bond motifs is 1. The van der Waals surface area contributed by atoms with Crippen molar-refractivity contribution in [2.45, 2.75) is 25.2 Å². The molecule has 0 bridgehead atoms. The Hall–Kier alpha value is -1.46. The van der Waals surface area contributed by atoms with Gasteiger partial charge in [0.2, 0.25) is 0 Å². The molecule has 0 saturated carbocycles. The standard InChI is InChI=1S/C16H20N2O2S/c1-10-5-11(2)9-18(8-10)21-13-3-4-14-12(6-13)7-15(17-14)16(19)20/h3-4,6-7,10-11,17H,5,8-9H2,1-2H3,(H,19,20). The molecule has 0 amide bonds. The normalized spacial score (nSPS) is 23.5. The molecule has 4 nitrogen and oxygen atoms in total. The van der Waals surface area contributed by atoms with Crippen molar-refractivity contribution in [3.63, 3.8) is 0 Å². The van der Waals surface area contributed by atoms with Gasteiger partial charge in [-0.3, -0.25) is 0 Å². The minimum atomic E-state index is -0.918. The smallest absolute Gasteiger partial charge is 0.352 e. The number of hydrogen-bond acceptors (Lipinski definition) is 3. The summed E-state index contributed by atoms with van der Waals surface area (Å²) in [6.45, 7) is 6.83. The van der Waals surface area contributed by atoms with Crippen LogP contribution < -0.4 is 0 Å². The number of benzene rings is 1. The second kappa shape index (κ2) is 5.73. The maximum Gasteiger partial charge on any atom is 0.352 e. The second-order valence-electron chi connectivity index (χ2n) is 6.12. The van der Waals surface area contributed by atoms with Gasteiger partial charge in [-0.25, -0.2) is 9.10 Å². The molecule has 21 heavy (non-hydrogen) atoms. The van der Waals surface area contributed by atoms with E-state index in [2.05, 4.69) is 35.3 Å². The summed E-state index contributed by atoms with van der Waals surface area (Å²) in [5.74, 6) is 0.547. The van der Waals surface area contributed by atoms with Crippen LogP contribution in [0.3, 0.4) is 0 Å². The predicted octanol–water partition coefficient (Wildman–Crippen LogP) is 3.85. The third-order valence-corrected chi connectivity index (χ3v) is 4.91. The molecule has 3 rings (SSSR count). The van der Waals surface area contributed by atoms with Gasteiger partial charge in [0, 0.05) is 28.9 Å². The van der Waals surface area contributed by atoms with Crippen LogP contribution in [0, 0.1) is 11.8 Å². The minimum Gasteiger partial charge on any atom is -0.477 e. The monoisotopic (exact) mass is 304 g/mol. The Bertz CT molecular complexity index is 657. The van der Waals surface area contributed by atoms with Crippen LogP contribution >= 0.6 is 11.9 Å². The third-order valence-electron chi connectivity index (χ3n) is 3.89. The maximum absolute atomic E-state index is 11.0. The van der Waals surface area contributed by atoms with Crippen LogP contribution in [0.15, 0.2) is 29.2 Å². The third kappa shape index (κ3) is 3.24. The molecule has 1 aromatic heterocycles. The predicted molar refractivity (Wildman–Crippen MR) is 85.6 cm³/mol. The van der Waals surface area contributed by atoms with Crippen LogP contribution in [-0.4, -0.2) is 33.5 Å². The number of rotatable bonds is 3. The molecule has 2 aromatic rings. The molecular formula is C16H20N2O2S. The molecule has 2 N–H and O–H groups in total. The molecule has 0 aliphatic carbocycles. The Morgan fingerprint density at radius 1 is 1.29 bits per heavy atom. The average molecular weight is 304 g/mol. The minimum absolute atomic E-state index is 0.243. The highest BCUT2D eigenvalue weighted by Gasteiger charge is 2.22. The van der Waals surface area contributed by atoms with Gasteiger partial charge in [-0.2, -0.15) is 0 Å². The molecule has 1 fully saturated rings. The molecule has 1 aromatic carbocycles. The van der Waals surface area contributed by atoms with Crippen LogP contribution in [0.1, 0.15) is 30.8 Å². The number of piperidine rings is 1. The fourth-order valence-electron chi connectivity index (χ4n) is 3.11. The zero-order valence-electron chi connectivity index (χ0n) is 12.3. The van der Waals surface area contributed by atoms with Crippen LogP contribution in [0.2, 0.25) is 0 Å². The van der Waals surface area contributed by atoms with Gasteiger partial charge in [-0.1, -0.05) is 13.8 Å². The summed E-state index contributed by atoms with van der Waals surface area (Å²) >= 11 is 1.78. The van der Waals surface area contributed by atoms with E-state index in [9.17, 15) is 4.79 Å². The molecule has 5 heteroatoms. The summed E-state index contributed by atoms with van der Waals surface area (Å²) in [6.07, 6.45) is 1.30. The molecule has 0 radical (unpaired) electrons. The molecule has 1 aliphatic rings. The first-order valence-corrected chi connectivity index (χ1v) is 8.07. The van der Waals surface area contributed by atoms with Crippen molar-refractivity contribution in [2.75, 3.05) is 13.1 Å². The maximum atomic E-state index is 11.0. The average Bonchev–Trinajstić information content (AvgIpc) is 2.80. The number of nitrogens with zero attached hydrogens (tertiary/aromatic N) is 1. The second-order valence-corrected chi connectivity index (χ2v) is 7.29. The quantitative estimate of drug-likeness (QED) is 0.846. The van der Waals surface area contributed by atoms with Crippen molar-refractivity contribution >= 4 is 28.8 Å². The van der Waals surface area contributed by atoms with E-state index in [1.165, 1.54) is 11.3 Å². The summed E-state index contributed by atoms with van der Waals surface area (Å²) in [5, 5.41) is 9.98. The fourth-order valence-corrected chi connectivity index (χ4v) is 4.38. The van der Waals surface area contributed by atoms with Gasteiger partial charge in [-0.15, -0.1) is 0 Å². The highest BCUT2D eigenvalue weighted by atomic mass is 32.2. The van der Waals surface area contributed by atoms with E-state index in [0.717, 1.165) is 35.8 Å². The van der Waals surface area contributed by atoms with Gasteiger partial charge in [0.25, 0.3) is 0 Å². The van der Waals surface area contributed by atoms with Gasteiger partial charge >= 0.3 is 5.97 Å². The summed E-state index contributed by atoms with van der Waals surface area (Å²) in [4.78, 5) is 15.1. The van der Waals surface area contributed by atoms with E-state index in [-0.39, 0.29) is 5.69 Å². The Morgan fingerprint density at radius 2 is 2.00 bits per heavy atom. The van der Waals surface area contributed by atoms with Crippen molar-refractivity contribution < 1.29 is 9.90 Å². The van der Waals surface area contributed by atoms with Crippen molar-refractivity contribution in [2.24, 2.45) is 11.8 Å². The largest absolute Gasteiger partial charge is 0.477 e. The van der Waals surface area contributed by atoms with Crippen molar-refractivity contribution in [1.82, 2.24) is 9.29 Å². The lowest BCUT2D eigenvalue weighted by molar-refractivity contribution is 0.0691. The molecule has 112 valence electrons. The molecule has 1 saturated heterocycles. The van der Waals surface area contributed by atoms with Crippen LogP contribution in [0.4, 0.5) is 0 Å². The van der Waals surface area contributed by atoms with Gasteiger partial charge < -0.3 is 10.1 Å². The Balaban J connectivity index is 1.79. The number of carboxylic acids is 1. The number of nitrogens with one attached hydrogen (secondary N) is 1. The van der Waals surface area contributed by atoms with Gasteiger partial charge in [0.1, 0.15) is 5.69 Å². The van der Waals surface area contributed by atoms with E-state index in [4.69, 9.17) is 5.11 Å². The number of hydrogen-bond donors (Lipinski definition) is 2. The topological polar surface area (TPSA) is 56.3 Å². The summed E-state index contributed by atoms with van der Waals surface area (Å²) < 4.78 is 2.42. The van der Waals surface area contributed by atoms with E-state index >= 15 is 0 Å². The van der Waals surface area contributed by atoms with Crippen LogP contribution in [0.25, 0.3) is 10.9 Å². The zero-order chi connectivity index (χ0) is 15.0. The van der Waals surface area contributed by atoms with Gasteiger partial charge in [0.05, 0.1) is 0 Å². The number of aromatic amines is 1. The molecule has 1 aliphatic heterocycles. The van der Waals surface area contributed by atoms with Crippen molar-refractivity contribution in [3.8, 4) is 0 Å². The molecule has 0 spiro atoms. The first-order chi connectivity index (χ1) is 10.0. The van der Waals surface area contributed by atoms with E-state index < -0.39 is 5.97 Å². The van der Waals surface area contributed by atoms with E-state index in [1.54, 1.807) is 18.0 Å². The molecule has 2 atom stereocenters. The highest BCUT2D eigenvalue weighted by molar-refractivity contribution is 7.97. The molecular weight excluding hydrogens is 284 g/mol. The number of aromatic carboxylic acids is 1. The highest BCUT2D eigenvalue weighted by Crippen LogP contribution is 2.32. The zero-order valence-corrected chi connectivity index (χ0v) is 13.1. The van der Waals surface area contributed by atoms with Gasteiger partial charge in [0.15, 0.2) is 0 Å². The number of H-pyrrole nitrogens is 1. The van der Waals surface area contributed by atoms with Crippen molar-refractivity contribution in [1.29, 1.82) is 0 Å². The Labute approximate surface area is 128 Å². The number of carboxylic acid groups (broad SMARTS) is 1. The fraction of sp³-hybridized carbons (Fsp3) is 0.438. The first kappa shape index (κ1) is 14.5. The Kier molecular flexibility index (Phi) is 3.95. The number of carbonyl (C=O) groups is 1. The lowest BCUT2D eigenvalue weighted by Crippen LogP contribution is -2.33. The summed E-state index contributed by atoms with van der Waals surface area (Å²) in [7, 11) is 0. The molecule has 2 heterocycles. The van der Waals surface area contributed by atoms with Crippen molar-refractivity contribution in [3.05, 3.63) is 30.0 Å². The van der Waals surface area contributed by atoms with Crippen LogP contribution in [0.5, 0.6) is 0 Å². The summed E-state index contributed by atoms with van der Waals surface area (Å²) in [6, 6.07) is 7.77. The van der Waals surface area contributed by atoms with Gasteiger partial charge in [-0.05, 0) is 54.5 Å².